The highest BCUT2D eigenvalue weighted by Gasteiger charge is 2.19. The quantitative estimate of drug-likeness (QED) is 0.763. The van der Waals surface area contributed by atoms with Crippen molar-refractivity contribution in [2.75, 3.05) is 19.0 Å². The van der Waals surface area contributed by atoms with Crippen LogP contribution in [0.2, 0.25) is 0 Å². The minimum atomic E-state index is 0.247. The highest BCUT2D eigenvalue weighted by molar-refractivity contribution is 5.61. The van der Waals surface area contributed by atoms with Crippen LogP contribution in [-0.4, -0.2) is 29.0 Å². The van der Waals surface area contributed by atoms with Crippen LogP contribution in [0.25, 0.3) is 22.9 Å². The molecule has 0 amide bonds. The van der Waals surface area contributed by atoms with E-state index in [1.54, 1.807) is 0 Å². The number of hydrogen-bond donors (Lipinski definition) is 2. The first-order chi connectivity index (χ1) is 12.3. The molecule has 1 aliphatic rings. The molecule has 0 bridgehead atoms. The number of aliphatic hydroxyl groups excluding tert-OH is 1. The van der Waals surface area contributed by atoms with E-state index < -0.39 is 0 Å². The number of anilines is 1. The highest BCUT2D eigenvalue weighted by atomic mass is 16.4. The van der Waals surface area contributed by atoms with Gasteiger partial charge < -0.3 is 14.8 Å². The second-order valence-electron chi connectivity index (χ2n) is 6.51. The Kier molecular flexibility index (Phi) is 4.24. The molecule has 5 nitrogen and oxygen atoms in total. The SMILES string of the molecule is CNc1ccc(-c2nnc(-c3ccc4c(c3)CC(CO)CC4)o2)cc1. The molecule has 1 heterocycles. The van der Waals surface area contributed by atoms with Gasteiger partial charge in [0.25, 0.3) is 0 Å². The van der Waals surface area contributed by atoms with Gasteiger partial charge in [-0.25, -0.2) is 0 Å². The van der Waals surface area contributed by atoms with Crippen molar-refractivity contribution in [1.29, 1.82) is 0 Å². The van der Waals surface area contributed by atoms with Crippen molar-refractivity contribution in [1.82, 2.24) is 10.2 Å². The second kappa shape index (κ2) is 6.69. The summed E-state index contributed by atoms with van der Waals surface area (Å²) in [4.78, 5) is 0. The number of aromatic nitrogens is 2. The number of fused-ring (bicyclic) bond motifs is 1. The van der Waals surface area contributed by atoms with Gasteiger partial charge in [-0.05, 0) is 72.7 Å². The Balaban J connectivity index is 1.61. The fourth-order valence-electron chi connectivity index (χ4n) is 3.36. The maximum absolute atomic E-state index is 9.42. The van der Waals surface area contributed by atoms with Crippen molar-refractivity contribution in [3.63, 3.8) is 0 Å². The first-order valence-electron chi connectivity index (χ1n) is 8.61. The fourth-order valence-corrected chi connectivity index (χ4v) is 3.36. The van der Waals surface area contributed by atoms with Crippen LogP contribution in [0.15, 0.2) is 46.9 Å². The molecule has 2 N–H and O–H groups in total. The van der Waals surface area contributed by atoms with E-state index in [-0.39, 0.29) is 6.61 Å². The van der Waals surface area contributed by atoms with E-state index in [0.717, 1.165) is 36.1 Å². The number of nitrogens with zero attached hydrogens (tertiary/aromatic N) is 2. The third kappa shape index (κ3) is 3.15. The van der Waals surface area contributed by atoms with Crippen molar-refractivity contribution in [2.45, 2.75) is 19.3 Å². The van der Waals surface area contributed by atoms with Crippen LogP contribution >= 0.6 is 0 Å². The van der Waals surface area contributed by atoms with Crippen LogP contribution in [0.1, 0.15) is 17.5 Å². The molecular formula is C20H21N3O2. The molecule has 1 unspecified atom stereocenters. The Bertz CT molecular complexity index is 871. The van der Waals surface area contributed by atoms with E-state index >= 15 is 0 Å². The molecule has 1 atom stereocenters. The summed E-state index contributed by atoms with van der Waals surface area (Å²) >= 11 is 0. The molecule has 25 heavy (non-hydrogen) atoms. The van der Waals surface area contributed by atoms with Crippen molar-refractivity contribution < 1.29 is 9.52 Å². The summed E-state index contributed by atoms with van der Waals surface area (Å²) in [7, 11) is 1.89. The molecule has 128 valence electrons. The van der Waals surface area contributed by atoms with Gasteiger partial charge in [0.05, 0.1) is 0 Å². The molecular weight excluding hydrogens is 314 g/mol. The summed E-state index contributed by atoms with van der Waals surface area (Å²) in [5, 5.41) is 20.9. The first-order valence-corrected chi connectivity index (χ1v) is 8.61. The van der Waals surface area contributed by atoms with Crippen molar-refractivity contribution in [3.05, 3.63) is 53.6 Å². The summed E-state index contributed by atoms with van der Waals surface area (Å²) in [6.07, 6.45) is 2.98. The summed E-state index contributed by atoms with van der Waals surface area (Å²) in [5.41, 5.74) is 5.51. The van der Waals surface area contributed by atoms with E-state index in [9.17, 15) is 5.11 Å². The number of aryl methyl sites for hydroxylation is 1. The number of aliphatic hydroxyl groups is 1. The molecule has 0 saturated carbocycles. The molecule has 3 aromatic rings. The van der Waals surface area contributed by atoms with Crippen LogP contribution in [-0.2, 0) is 12.8 Å². The van der Waals surface area contributed by atoms with E-state index in [0.29, 0.717) is 17.7 Å². The predicted octanol–water partition coefficient (Wildman–Crippen LogP) is 3.54. The summed E-state index contributed by atoms with van der Waals surface area (Å²) < 4.78 is 5.88. The van der Waals surface area contributed by atoms with Crippen LogP contribution in [0.5, 0.6) is 0 Å². The monoisotopic (exact) mass is 335 g/mol. The van der Waals surface area contributed by atoms with Gasteiger partial charge in [0.15, 0.2) is 0 Å². The maximum atomic E-state index is 9.42. The third-order valence-electron chi connectivity index (χ3n) is 4.89. The van der Waals surface area contributed by atoms with Gasteiger partial charge in [-0.15, -0.1) is 10.2 Å². The summed E-state index contributed by atoms with van der Waals surface area (Å²) in [6.45, 7) is 0.247. The molecule has 0 radical (unpaired) electrons. The fraction of sp³-hybridized carbons (Fsp3) is 0.300. The number of hydrogen-bond acceptors (Lipinski definition) is 5. The van der Waals surface area contributed by atoms with Crippen LogP contribution in [0.4, 0.5) is 5.69 Å². The van der Waals surface area contributed by atoms with E-state index in [2.05, 4.69) is 27.6 Å². The first kappa shape index (κ1) is 15.8. The second-order valence-corrected chi connectivity index (χ2v) is 6.51. The molecule has 0 aliphatic heterocycles. The zero-order valence-electron chi connectivity index (χ0n) is 14.2. The molecule has 1 aromatic heterocycles. The standard InChI is InChI=1S/C20H21N3O2/c1-21-18-8-6-15(7-9-18)19-22-23-20(25-19)16-5-4-14-3-2-13(12-24)10-17(14)11-16/h4-9,11,13,21,24H,2-3,10,12H2,1H3. The van der Waals surface area contributed by atoms with E-state index in [1.165, 1.54) is 11.1 Å². The predicted molar refractivity (Wildman–Crippen MR) is 97.3 cm³/mol. The lowest BCUT2D eigenvalue weighted by Gasteiger charge is -2.23. The third-order valence-corrected chi connectivity index (χ3v) is 4.89. The van der Waals surface area contributed by atoms with E-state index in [4.69, 9.17) is 4.42 Å². The summed E-state index contributed by atoms with van der Waals surface area (Å²) in [5.74, 6) is 1.40. The number of benzene rings is 2. The molecule has 1 aliphatic carbocycles. The Hall–Kier alpha value is -2.66. The van der Waals surface area contributed by atoms with Gasteiger partial charge in [0.2, 0.25) is 11.8 Å². The molecule has 5 heteroatoms. The molecule has 4 rings (SSSR count). The smallest absolute Gasteiger partial charge is 0.248 e. The lowest BCUT2D eigenvalue weighted by Crippen LogP contribution is -2.17. The average molecular weight is 335 g/mol. The minimum absolute atomic E-state index is 0.247. The number of nitrogens with one attached hydrogen (secondary N) is 1. The largest absolute Gasteiger partial charge is 0.416 e. The Morgan fingerprint density at radius 3 is 2.48 bits per heavy atom. The van der Waals surface area contributed by atoms with Crippen LogP contribution in [0, 0.1) is 5.92 Å². The van der Waals surface area contributed by atoms with Gasteiger partial charge in [0, 0.05) is 30.5 Å². The van der Waals surface area contributed by atoms with E-state index in [1.807, 2.05) is 37.4 Å². The average Bonchev–Trinajstić information content (AvgIpc) is 3.17. The normalized spacial score (nSPS) is 16.5. The van der Waals surface area contributed by atoms with Crippen molar-refractivity contribution >= 4 is 5.69 Å². The van der Waals surface area contributed by atoms with Gasteiger partial charge in [-0.1, -0.05) is 6.07 Å². The van der Waals surface area contributed by atoms with Gasteiger partial charge in [-0.3, -0.25) is 0 Å². The topological polar surface area (TPSA) is 71.2 Å². The zero-order chi connectivity index (χ0) is 17.2. The van der Waals surface area contributed by atoms with Crippen molar-refractivity contribution in [3.8, 4) is 22.9 Å². The lowest BCUT2D eigenvalue weighted by molar-refractivity contribution is 0.213. The lowest BCUT2D eigenvalue weighted by atomic mass is 9.83. The van der Waals surface area contributed by atoms with Crippen molar-refractivity contribution in [2.24, 2.45) is 5.92 Å². The minimum Gasteiger partial charge on any atom is -0.416 e. The molecule has 2 aromatic carbocycles. The Morgan fingerprint density at radius 1 is 1.04 bits per heavy atom. The molecule has 0 fully saturated rings. The summed E-state index contributed by atoms with van der Waals surface area (Å²) in [6, 6.07) is 14.2. The zero-order valence-corrected chi connectivity index (χ0v) is 14.2. The van der Waals surface area contributed by atoms with Gasteiger partial charge in [-0.2, -0.15) is 0 Å². The number of rotatable bonds is 4. The van der Waals surface area contributed by atoms with Gasteiger partial charge in [0.1, 0.15) is 0 Å². The molecule has 0 spiro atoms. The van der Waals surface area contributed by atoms with Crippen LogP contribution < -0.4 is 5.32 Å². The Morgan fingerprint density at radius 2 is 1.76 bits per heavy atom. The van der Waals surface area contributed by atoms with Crippen LogP contribution in [0.3, 0.4) is 0 Å². The maximum Gasteiger partial charge on any atom is 0.248 e. The molecule has 0 saturated heterocycles. The highest BCUT2D eigenvalue weighted by Crippen LogP contribution is 2.30. The van der Waals surface area contributed by atoms with Gasteiger partial charge >= 0.3 is 0 Å². The Labute approximate surface area is 146 Å².